The molecule has 1 heterocycles. The molecule has 0 aliphatic carbocycles. The van der Waals surface area contributed by atoms with Crippen LogP contribution in [0.1, 0.15) is 10.5 Å². The predicted octanol–water partition coefficient (Wildman–Crippen LogP) is 0.00670. The summed E-state index contributed by atoms with van der Waals surface area (Å²) in [4.78, 5) is 23.0. The zero-order chi connectivity index (χ0) is 10.0. The Labute approximate surface area is 76.9 Å². The largest absolute Gasteiger partial charge is 0.543 e. The molecule has 0 bridgehead atoms. The summed E-state index contributed by atoms with van der Waals surface area (Å²) in [5.74, 6) is -1.53. The van der Waals surface area contributed by atoms with Gasteiger partial charge in [-0.15, -0.1) is 0 Å². The minimum Gasteiger partial charge on any atom is -0.543 e. The Morgan fingerprint density at radius 3 is 2.54 bits per heavy atom. The topological polar surface area (TPSA) is 96.2 Å². The summed E-state index contributed by atoms with van der Waals surface area (Å²) in [6.07, 6.45) is 0. The number of aromatic carboxylic acids is 1. The molecule has 1 aromatic rings. The molecule has 0 saturated heterocycles. The molecule has 0 aliphatic heterocycles. The molecule has 0 amide bonds. The summed E-state index contributed by atoms with van der Waals surface area (Å²) < 4.78 is 0. The Morgan fingerprint density at radius 2 is 2.15 bits per heavy atom. The highest BCUT2D eigenvalue weighted by Gasteiger charge is 2.13. The highest BCUT2D eigenvalue weighted by Crippen LogP contribution is 2.21. The lowest BCUT2D eigenvalue weighted by molar-refractivity contribution is -0.385. The molecule has 6 nitrogen and oxygen atoms in total. The third kappa shape index (κ3) is 1.91. The lowest BCUT2D eigenvalue weighted by Gasteiger charge is -2.00. The molecule has 0 saturated carbocycles. The van der Waals surface area contributed by atoms with Crippen molar-refractivity contribution < 1.29 is 14.8 Å². The van der Waals surface area contributed by atoms with E-state index in [2.05, 4.69) is 4.98 Å². The molecule has 0 unspecified atom stereocenters. The van der Waals surface area contributed by atoms with E-state index in [0.717, 1.165) is 12.1 Å². The quantitative estimate of drug-likeness (QED) is 0.381. The monoisotopic (exact) mass is 201 g/mol. The van der Waals surface area contributed by atoms with Gasteiger partial charge in [-0.3, -0.25) is 10.1 Å². The second-order valence-corrected chi connectivity index (χ2v) is 2.41. The summed E-state index contributed by atoms with van der Waals surface area (Å²) >= 11 is 5.32. The zero-order valence-electron chi connectivity index (χ0n) is 6.06. The first kappa shape index (κ1) is 9.40. The number of carboxylic acid groups (broad SMARTS) is 1. The van der Waals surface area contributed by atoms with Crippen molar-refractivity contribution in [1.82, 2.24) is 4.98 Å². The summed E-state index contributed by atoms with van der Waals surface area (Å²) in [7, 11) is 0. The van der Waals surface area contributed by atoms with Crippen molar-refractivity contribution >= 4 is 23.3 Å². The van der Waals surface area contributed by atoms with Crippen molar-refractivity contribution in [2.24, 2.45) is 0 Å². The number of carbonyl (C=O) groups excluding carboxylic acids is 1. The molecular weight excluding hydrogens is 200 g/mol. The molecule has 0 aliphatic rings. The Balaban J connectivity index is 3.20. The van der Waals surface area contributed by atoms with Gasteiger partial charge in [-0.25, -0.2) is 4.98 Å². The number of hydrogen-bond acceptors (Lipinski definition) is 5. The number of hydrogen-bond donors (Lipinski definition) is 0. The normalized spacial score (nSPS) is 9.62. The molecule has 7 heteroatoms. The van der Waals surface area contributed by atoms with E-state index in [9.17, 15) is 20.0 Å². The summed E-state index contributed by atoms with van der Waals surface area (Å²) in [5.41, 5.74) is -0.873. The molecule has 1 rings (SSSR count). The first-order chi connectivity index (χ1) is 6.02. The van der Waals surface area contributed by atoms with Gasteiger partial charge in [0, 0.05) is 6.07 Å². The number of carboxylic acids is 1. The first-order valence-corrected chi connectivity index (χ1v) is 3.42. The number of carbonyl (C=O) groups is 1. The van der Waals surface area contributed by atoms with Crippen LogP contribution in [0.4, 0.5) is 5.69 Å². The van der Waals surface area contributed by atoms with Crippen molar-refractivity contribution in [2.45, 2.75) is 0 Å². The Morgan fingerprint density at radius 1 is 1.54 bits per heavy atom. The standard InChI is InChI=1S/C6H3ClN2O4/c7-5-4(9(12)13)2-1-3(8-5)6(10)11/h1-2H,(H,10,11)/p-1. The van der Waals surface area contributed by atoms with E-state index in [1.807, 2.05) is 0 Å². The third-order valence-corrected chi connectivity index (χ3v) is 1.51. The highest BCUT2D eigenvalue weighted by molar-refractivity contribution is 6.31. The average Bonchev–Trinajstić information content (AvgIpc) is 2.03. The minimum absolute atomic E-state index is 0.435. The second kappa shape index (κ2) is 3.36. The van der Waals surface area contributed by atoms with Crippen LogP contribution in [0.5, 0.6) is 0 Å². The van der Waals surface area contributed by atoms with Crippen molar-refractivity contribution in [3.05, 3.63) is 33.1 Å². The number of pyridine rings is 1. The van der Waals surface area contributed by atoms with Gasteiger partial charge in [0.2, 0.25) is 5.15 Å². The summed E-state index contributed by atoms with van der Waals surface area (Å²) in [6, 6.07) is 1.92. The van der Waals surface area contributed by atoms with Gasteiger partial charge >= 0.3 is 5.69 Å². The Bertz CT molecular complexity index is 379. The van der Waals surface area contributed by atoms with Gasteiger partial charge in [0.15, 0.2) is 0 Å². The number of nitrogens with zero attached hydrogens (tertiary/aromatic N) is 2. The van der Waals surface area contributed by atoms with Crippen LogP contribution in [0.3, 0.4) is 0 Å². The van der Waals surface area contributed by atoms with Crippen molar-refractivity contribution in [3.63, 3.8) is 0 Å². The minimum atomic E-state index is -1.53. The molecule has 0 atom stereocenters. The fourth-order valence-corrected chi connectivity index (χ4v) is 0.900. The van der Waals surface area contributed by atoms with Gasteiger partial charge in [0.25, 0.3) is 0 Å². The molecule has 0 aromatic carbocycles. The third-order valence-electron chi connectivity index (χ3n) is 1.23. The van der Waals surface area contributed by atoms with Crippen LogP contribution in [-0.4, -0.2) is 15.9 Å². The van der Waals surface area contributed by atoms with E-state index in [4.69, 9.17) is 11.6 Å². The SMILES string of the molecule is O=C([O-])c1ccc([N+](=O)[O-])c(Cl)n1. The zero-order valence-corrected chi connectivity index (χ0v) is 6.82. The van der Waals surface area contributed by atoms with Crippen LogP contribution in [0.25, 0.3) is 0 Å². The molecule has 13 heavy (non-hydrogen) atoms. The van der Waals surface area contributed by atoms with E-state index in [1.54, 1.807) is 0 Å². The maximum Gasteiger partial charge on any atom is 0.306 e. The smallest absolute Gasteiger partial charge is 0.306 e. The van der Waals surface area contributed by atoms with Gasteiger partial charge in [0.05, 0.1) is 16.6 Å². The van der Waals surface area contributed by atoms with Gasteiger partial charge in [-0.1, -0.05) is 11.6 Å². The molecule has 68 valence electrons. The van der Waals surface area contributed by atoms with Crippen LogP contribution in [-0.2, 0) is 0 Å². The molecule has 0 N–H and O–H groups in total. The van der Waals surface area contributed by atoms with E-state index in [1.165, 1.54) is 0 Å². The Hall–Kier alpha value is -1.69. The van der Waals surface area contributed by atoms with Gasteiger partial charge in [0.1, 0.15) is 0 Å². The van der Waals surface area contributed by atoms with Crippen LogP contribution in [0.2, 0.25) is 5.15 Å². The average molecular weight is 202 g/mol. The fraction of sp³-hybridized carbons (Fsp3) is 0. The van der Waals surface area contributed by atoms with E-state index >= 15 is 0 Å². The van der Waals surface area contributed by atoms with Crippen LogP contribution < -0.4 is 5.11 Å². The molecular formula is C6H2ClN2O4-. The van der Waals surface area contributed by atoms with Gasteiger partial charge in [-0.2, -0.15) is 0 Å². The number of rotatable bonds is 2. The van der Waals surface area contributed by atoms with Crippen molar-refractivity contribution in [3.8, 4) is 0 Å². The highest BCUT2D eigenvalue weighted by atomic mass is 35.5. The van der Waals surface area contributed by atoms with Crippen LogP contribution >= 0.6 is 11.6 Å². The molecule has 1 aromatic heterocycles. The number of aromatic nitrogens is 1. The predicted molar refractivity (Wildman–Crippen MR) is 40.2 cm³/mol. The molecule has 0 radical (unpaired) electrons. The maximum atomic E-state index is 10.2. The summed E-state index contributed by atoms with van der Waals surface area (Å²) in [6.45, 7) is 0. The van der Waals surface area contributed by atoms with Crippen LogP contribution in [0, 0.1) is 10.1 Å². The lowest BCUT2D eigenvalue weighted by atomic mass is 10.3. The first-order valence-electron chi connectivity index (χ1n) is 3.04. The van der Waals surface area contributed by atoms with Gasteiger partial charge in [-0.05, 0) is 6.07 Å². The Kier molecular flexibility index (Phi) is 2.43. The van der Waals surface area contributed by atoms with Crippen molar-refractivity contribution in [1.29, 1.82) is 0 Å². The number of nitro groups is 1. The second-order valence-electron chi connectivity index (χ2n) is 2.05. The molecule has 0 fully saturated rings. The fourth-order valence-electron chi connectivity index (χ4n) is 0.677. The lowest BCUT2D eigenvalue weighted by Crippen LogP contribution is -2.23. The number of halogens is 1. The van der Waals surface area contributed by atoms with E-state index < -0.39 is 27.4 Å². The van der Waals surface area contributed by atoms with E-state index in [0.29, 0.717) is 0 Å². The summed E-state index contributed by atoms with van der Waals surface area (Å²) in [5, 5.41) is 20.0. The molecule has 0 spiro atoms. The van der Waals surface area contributed by atoms with Crippen LogP contribution in [0.15, 0.2) is 12.1 Å². The van der Waals surface area contributed by atoms with Crippen molar-refractivity contribution in [2.75, 3.05) is 0 Å². The van der Waals surface area contributed by atoms with Gasteiger partial charge < -0.3 is 9.90 Å². The maximum absolute atomic E-state index is 10.2. The van der Waals surface area contributed by atoms with E-state index in [-0.39, 0.29) is 0 Å².